The van der Waals surface area contributed by atoms with Crippen molar-refractivity contribution in [2.24, 2.45) is 0 Å². The Labute approximate surface area is 276 Å². The summed E-state index contributed by atoms with van der Waals surface area (Å²) in [4.78, 5) is 22.9. The summed E-state index contributed by atoms with van der Waals surface area (Å²) >= 11 is 0. The number of aliphatic carboxylic acids is 1. The summed E-state index contributed by atoms with van der Waals surface area (Å²) in [6.45, 7) is 1.38. The molecule has 1 heterocycles. The molecule has 0 aliphatic rings. The first kappa shape index (κ1) is 37.1. The first-order chi connectivity index (χ1) is 22.6. The summed E-state index contributed by atoms with van der Waals surface area (Å²) < 4.78 is 5.96. The van der Waals surface area contributed by atoms with E-state index in [1.165, 1.54) is 64.2 Å². The molecule has 3 aromatic rings. The minimum Gasteiger partial charge on any atom is -0.494 e. The van der Waals surface area contributed by atoms with Crippen LogP contribution < -0.4 is 15.1 Å². The van der Waals surface area contributed by atoms with Gasteiger partial charge in [0.2, 0.25) is 11.7 Å². The van der Waals surface area contributed by atoms with E-state index in [4.69, 9.17) is 9.84 Å². The van der Waals surface area contributed by atoms with Crippen molar-refractivity contribution in [2.75, 3.05) is 13.2 Å². The number of carbonyl (C=O) groups is 2. The lowest BCUT2D eigenvalue weighted by Crippen LogP contribution is -2.30. The second kappa shape index (κ2) is 23.0. The number of H-pyrrole nitrogens is 1. The highest BCUT2D eigenvalue weighted by atomic mass is 31.0. The van der Waals surface area contributed by atoms with Crippen molar-refractivity contribution in [3.8, 4) is 28.3 Å². The molecular weight excluding hydrogens is 599 g/mol. The lowest BCUT2D eigenvalue weighted by molar-refractivity contribution is -0.139. The minimum atomic E-state index is -0.842. The van der Waals surface area contributed by atoms with Crippen molar-refractivity contribution in [3.05, 3.63) is 48.5 Å². The molecule has 0 bridgehead atoms. The molecule has 2 atom stereocenters. The predicted octanol–water partition coefficient (Wildman–Crippen LogP) is 7.49. The number of nitrogens with one attached hydrogen (secondary N) is 3. The van der Waals surface area contributed by atoms with Crippen LogP contribution in [-0.4, -0.2) is 56.8 Å². The molecule has 252 valence electrons. The summed E-state index contributed by atoms with van der Waals surface area (Å²) in [5.74, 6) is 0.777. The standard InChI is InChI=1S/C35H53N6O4P/c42-33(36-26-14-13-16-32(39-46)35(43)44)17-12-10-8-6-4-2-1-3-5-7-9-11-15-27-45-31-24-22-29(23-25-31)28-18-20-30(21-19-28)34-37-40-41-38-34/h18-25,32,39H,1-17,26-27,46H2,(H,36,42)(H,43,44)(H,37,38,40,41)/t32-/m0/s1. The van der Waals surface area contributed by atoms with Crippen LogP contribution in [0, 0.1) is 0 Å². The lowest BCUT2D eigenvalue weighted by Gasteiger charge is -2.10. The van der Waals surface area contributed by atoms with Crippen molar-refractivity contribution in [1.82, 2.24) is 31.0 Å². The maximum atomic E-state index is 11.9. The van der Waals surface area contributed by atoms with E-state index in [1.807, 2.05) is 24.3 Å². The van der Waals surface area contributed by atoms with Gasteiger partial charge in [-0.05, 0) is 60.6 Å². The number of unbranched alkanes of at least 4 members (excludes halogenated alkanes) is 13. The van der Waals surface area contributed by atoms with Gasteiger partial charge >= 0.3 is 5.97 Å². The molecular formula is C35H53N6O4P. The predicted molar refractivity (Wildman–Crippen MR) is 186 cm³/mol. The van der Waals surface area contributed by atoms with Crippen LogP contribution >= 0.6 is 9.39 Å². The van der Waals surface area contributed by atoms with E-state index in [0.717, 1.165) is 61.2 Å². The fourth-order valence-corrected chi connectivity index (χ4v) is 5.74. The number of benzene rings is 2. The van der Waals surface area contributed by atoms with Gasteiger partial charge in [0.05, 0.1) is 6.61 Å². The molecule has 0 saturated heterocycles. The van der Waals surface area contributed by atoms with E-state index >= 15 is 0 Å². The quantitative estimate of drug-likeness (QED) is 0.0516. The Balaban J connectivity index is 1.06. The molecule has 1 aromatic heterocycles. The van der Waals surface area contributed by atoms with Crippen molar-refractivity contribution in [1.29, 1.82) is 0 Å². The van der Waals surface area contributed by atoms with Gasteiger partial charge in [0.1, 0.15) is 11.8 Å². The Morgan fingerprint density at radius 3 is 1.83 bits per heavy atom. The Morgan fingerprint density at radius 2 is 1.28 bits per heavy atom. The zero-order valence-electron chi connectivity index (χ0n) is 27.2. The average Bonchev–Trinajstić information content (AvgIpc) is 3.62. The van der Waals surface area contributed by atoms with Crippen LogP contribution in [0.5, 0.6) is 5.75 Å². The summed E-state index contributed by atoms with van der Waals surface area (Å²) in [6.07, 6.45) is 18.7. The topological polar surface area (TPSA) is 142 Å². The molecule has 0 aliphatic carbocycles. The van der Waals surface area contributed by atoms with Crippen LogP contribution in [0.15, 0.2) is 48.5 Å². The van der Waals surface area contributed by atoms with Crippen molar-refractivity contribution >= 4 is 21.3 Å². The molecule has 0 saturated carbocycles. The van der Waals surface area contributed by atoms with Gasteiger partial charge < -0.3 is 15.2 Å². The smallest absolute Gasteiger partial charge is 0.320 e. The Bertz CT molecular complexity index is 1220. The number of carboxylic acid groups (broad SMARTS) is 1. The van der Waals surface area contributed by atoms with Crippen LogP contribution in [0.4, 0.5) is 0 Å². The fraction of sp³-hybridized carbons (Fsp3) is 0.571. The summed E-state index contributed by atoms with van der Waals surface area (Å²) in [5, 5.41) is 28.8. The average molecular weight is 653 g/mol. The van der Waals surface area contributed by atoms with Gasteiger partial charge in [-0.15, -0.1) is 10.2 Å². The van der Waals surface area contributed by atoms with Crippen molar-refractivity contribution < 1.29 is 19.4 Å². The molecule has 1 amide bonds. The largest absolute Gasteiger partial charge is 0.494 e. The molecule has 3 rings (SSSR count). The first-order valence-corrected chi connectivity index (χ1v) is 17.7. The van der Waals surface area contributed by atoms with Crippen LogP contribution in [-0.2, 0) is 9.59 Å². The van der Waals surface area contributed by atoms with Crippen LogP contribution in [0.3, 0.4) is 0 Å². The second-order valence-electron chi connectivity index (χ2n) is 11.9. The molecule has 46 heavy (non-hydrogen) atoms. The van der Waals surface area contributed by atoms with E-state index in [-0.39, 0.29) is 5.91 Å². The highest BCUT2D eigenvalue weighted by Crippen LogP contribution is 2.25. The monoisotopic (exact) mass is 652 g/mol. The molecule has 10 nitrogen and oxygen atoms in total. The van der Waals surface area contributed by atoms with Crippen molar-refractivity contribution in [3.63, 3.8) is 0 Å². The number of aromatic amines is 1. The normalized spacial score (nSPS) is 11.8. The molecule has 1 unspecified atom stereocenters. The van der Waals surface area contributed by atoms with E-state index in [9.17, 15) is 9.59 Å². The number of hydrogen-bond donors (Lipinski definition) is 4. The third-order valence-electron chi connectivity index (χ3n) is 8.23. The Kier molecular flexibility index (Phi) is 18.6. The molecule has 0 spiro atoms. The van der Waals surface area contributed by atoms with Gasteiger partial charge in [-0.2, -0.15) is 5.21 Å². The number of tetrazole rings is 1. The highest BCUT2D eigenvalue weighted by Gasteiger charge is 2.13. The van der Waals surface area contributed by atoms with Gasteiger partial charge in [0, 0.05) is 18.5 Å². The number of carbonyl (C=O) groups excluding carboxylic acids is 1. The van der Waals surface area contributed by atoms with E-state index in [2.05, 4.69) is 64.7 Å². The van der Waals surface area contributed by atoms with Crippen molar-refractivity contribution in [2.45, 2.75) is 115 Å². The molecule has 0 aliphatic heterocycles. The summed E-state index contributed by atoms with van der Waals surface area (Å²) in [5.41, 5.74) is 3.21. The Morgan fingerprint density at radius 1 is 0.739 bits per heavy atom. The SMILES string of the molecule is O=C(CCCCCCCCCCCCCCCOc1ccc(-c2ccc(-c3nn[nH]n3)cc2)cc1)NCCCC[C@H](NP)C(=O)O. The van der Waals surface area contributed by atoms with Gasteiger partial charge in [0.25, 0.3) is 0 Å². The first-order valence-electron chi connectivity index (χ1n) is 17.1. The molecule has 11 heteroatoms. The summed E-state index contributed by atoms with van der Waals surface area (Å²) in [7, 11) is 2.25. The number of carboxylic acids is 1. The van der Waals surface area contributed by atoms with E-state index in [0.29, 0.717) is 25.2 Å². The van der Waals surface area contributed by atoms with E-state index < -0.39 is 12.0 Å². The third-order valence-corrected chi connectivity index (χ3v) is 8.64. The zero-order valence-corrected chi connectivity index (χ0v) is 28.4. The highest BCUT2D eigenvalue weighted by molar-refractivity contribution is 7.13. The molecule has 0 radical (unpaired) electrons. The number of nitrogens with zero attached hydrogens (tertiary/aromatic N) is 3. The number of ether oxygens (including phenoxy) is 1. The van der Waals surface area contributed by atoms with Gasteiger partial charge in [0.15, 0.2) is 0 Å². The molecule has 4 N–H and O–H groups in total. The molecule has 0 fully saturated rings. The second-order valence-corrected chi connectivity index (χ2v) is 12.3. The Hall–Kier alpha value is -3.36. The molecule has 2 aromatic carbocycles. The number of aromatic nitrogens is 4. The van der Waals surface area contributed by atoms with Gasteiger partial charge in [-0.1, -0.05) is 116 Å². The third kappa shape index (κ3) is 15.3. The number of hydrogen-bond acceptors (Lipinski definition) is 7. The number of rotatable bonds is 26. The van der Waals surface area contributed by atoms with Crippen LogP contribution in [0.25, 0.3) is 22.5 Å². The lowest BCUT2D eigenvalue weighted by atomic mass is 10.0. The zero-order chi connectivity index (χ0) is 32.7. The summed E-state index contributed by atoms with van der Waals surface area (Å²) in [6, 6.07) is 15.9. The van der Waals surface area contributed by atoms with Gasteiger partial charge in [-0.3, -0.25) is 14.7 Å². The fourth-order valence-electron chi connectivity index (χ4n) is 5.43. The van der Waals surface area contributed by atoms with Crippen LogP contribution in [0.1, 0.15) is 109 Å². The minimum absolute atomic E-state index is 0.110. The van der Waals surface area contributed by atoms with Crippen LogP contribution in [0.2, 0.25) is 0 Å². The maximum Gasteiger partial charge on any atom is 0.320 e. The van der Waals surface area contributed by atoms with Gasteiger partial charge in [-0.25, -0.2) is 0 Å². The maximum absolute atomic E-state index is 11.9. The number of amides is 1. The van der Waals surface area contributed by atoms with E-state index in [1.54, 1.807) is 0 Å².